The first kappa shape index (κ1) is 11.5. The van der Waals surface area contributed by atoms with E-state index in [0.717, 1.165) is 22.7 Å². The summed E-state index contributed by atoms with van der Waals surface area (Å²) in [6.07, 6.45) is 0. The van der Waals surface area contributed by atoms with E-state index < -0.39 is 0 Å². The van der Waals surface area contributed by atoms with Gasteiger partial charge in [-0.2, -0.15) is 0 Å². The SMILES string of the molecule is Cc1cc(C)cc(Oc2cc(C)cc(N)c2)c1. The van der Waals surface area contributed by atoms with Gasteiger partial charge in [0.1, 0.15) is 11.5 Å². The van der Waals surface area contributed by atoms with E-state index in [1.807, 2.05) is 37.3 Å². The highest BCUT2D eigenvalue weighted by molar-refractivity contribution is 5.48. The molecule has 2 heteroatoms. The Balaban J connectivity index is 2.31. The summed E-state index contributed by atoms with van der Waals surface area (Å²) in [6, 6.07) is 11.9. The van der Waals surface area contributed by atoms with Gasteiger partial charge in [-0.3, -0.25) is 0 Å². The predicted molar refractivity (Wildman–Crippen MR) is 71.6 cm³/mol. The summed E-state index contributed by atoms with van der Waals surface area (Å²) in [5.74, 6) is 1.64. The van der Waals surface area contributed by atoms with Crippen molar-refractivity contribution in [3.63, 3.8) is 0 Å². The van der Waals surface area contributed by atoms with Crippen molar-refractivity contribution in [3.8, 4) is 11.5 Å². The maximum atomic E-state index is 5.82. The quantitative estimate of drug-likeness (QED) is 0.787. The minimum atomic E-state index is 0.726. The van der Waals surface area contributed by atoms with E-state index in [-0.39, 0.29) is 0 Å². The summed E-state index contributed by atoms with van der Waals surface area (Å²) in [4.78, 5) is 0. The van der Waals surface area contributed by atoms with Crippen LogP contribution in [0.2, 0.25) is 0 Å². The molecule has 0 radical (unpaired) electrons. The van der Waals surface area contributed by atoms with Crippen LogP contribution in [0.5, 0.6) is 11.5 Å². The van der Waals surface area contributed by atoms with Crippen LogP contribution in [0, 0.1) is 20.8 Å². The van der Waals surface area contributed by atoms with Crippen molar-refractivity contribution in [2.75, 3.05) is 5.73 Å². The number of rotatable bonds is 2. The van der Waals surface area contributed by atoms with Gasteiger partial charge in [0.15, 0.2) is 0 Å². The molecule has 17 heavy (non-hydrogen) atoms. The van der Waals surface area contributed by atoms with Crippen LogP contribution < -0.4 is 10.5 Å². The van der Waals surface area contributed by atoms with E-state index in [1.165, 1.54) is 11.1 Å². The van der Waals surface area contributed by atoms with Crippen LogP contribution >= 0.6 is 0 Å². The minimum Gasteiger partial charge on any atom is -0.457 e. The number of anilines is 1. The Morgan fingerprint density at radius 2 is 1.18 bits per heavy atom. The maximum absolute atomic E-state index is 5.82. The second kappa shape index (κ2) is 4.50. The number of hydrogen-bond donors (Lipinski definition) is 1. The van der Waals surface area contributed by atoms with Gasteiger partial charge in [-0.05, 0) is 61.7 Å². The van der Waals surface area contributed by atoms with Gasteiger partial charge in [-0.15, -0.1) is 0 Å². The van der Waals surface area contributed by atoms with Gasteiger partial charge in [-0.25, -0.2) is 0 Å². The average molecular weight is 227 g/mol. The molecule has 0 aliphatic carbocycles. The number of hydrogen-bond acceptors (Lipinski definition) is 2. The summed E-state index contributed by atoms with van der Waals surface area (Å²) in [6.45, 7) is 6.12. The number of nitrogens with two attached hydrogens (primary N) is 1. The van der Waals surface area contributed by atoms with Gasteiger partial charge in [0, 0.05) is 11.8 Å². The molecular weight excluding hydrogens is 210 g/mol. The van der Waals surface area contributed by atoms with E-state index in [1.54, 1.807) is 0 Å². The van der Waals surface area contributed by atoms with Crippen LogP contribution in [-0.2, 0) is 0 Å². The molecule has 0 saturated heterocycles. The predicted octanol–water partition coefficient (Wildman–Crippen LogP) is 3.99. The molecule has 0 aromatic heterocycles. The lowest BCUT2D eigenvalue weighted by molar-refractivity contribution is 0.482. The molecule has 88 valence electrons. The van der Waals surface area contributed by atoms with Crippen LogP contribution in [0.4, 0.5) is 5.69 Å². The van der Waals surface area contributed by atoms with Crippen molar-refractivity contribution in [1.29, 1.82) is 0 Å². The average Bonchev–Trinajstić information content (AvgIpc) is 2.13. The first-order chi connectivity index (χ1) is 8.02. The first-order valence-corrected chi connectivity index (χ1v) is 5.66. The van der Waals surface area contributed by atoms with Crippen molar-refractivity contribution >= 4 is 5.69 Å². The molecule has 2 N–H and O–H groups in total. The highest BCUT2D eigenvalue weighted by Gasteiger charge is 2.01. The lowest BCUT2D eigenvalue weighted by Crippen LogP contribution is -1.90. The van der Waals surface area contributed by atoms with Crippen molar-refractivity contribution in [2.45, 2.75) is 20.8 Å². The van der Waals surface area contributed by atoms with Gasteiger partial charge in [0.25, 0.3) is 0 Å². The molecule has 0 atom stereocenters. The second-order valence-corrected chi connectivity index (χ2v) is 4.50. The zero-order valence-electron chi connectivity index (χ0n) is 10.4. The second-order valence-electron chi connectivity index (χ2n) is 4.50. The molecule has 2 aromatic rings. The Morgan fingerprint density at radius 1 is 0.706 bits per heavy atom. The van der Waals surface area contributed by atoms with Gasteiger partial charge in [0.05, 0.1) is 0 Å². The molecule has 0 unspecified atom stereocenters. The molecule has 2 nitrogen and oxygen atoms in total. The fourth-order valence-electron chi connectivity index (χ4n) is 1.96. The van der Waals surface area contributed by atoms with Crippen LogP contribution in [0.3, 0.4) is 0 Å². The monoisotopic (exact) mass is 227 g/mol. The summed E-state index contributed by atoms with van der Waals surface area (Å²) < 4.78 is 5.82. The largest absolute Gasteiger partial charge is 0.457 e. The summed E-state index contributed by atoms with van der Waals surface area (Å²) in [5.41, 5.74) is 10.0. The van der Waals surface area contributed by atoms with Crippen molar-refractivity contribution in [2.24, 2.45) is 0 Å². The fraction of sp³-hybridized carbons (Fsp3) is 0.200. The van der Waals surface area contributed by atoms with Crippen molar-refractivity contribution in [1.82, 2.24) is 0 Å². The molecule has 0 bridgehead atoms. The number of ether oxygens (including phenoxy) is 1. The van der Waals surface area contributed by atoms with Gasteiger partial charge in [-0.1, -0.05) is 6.07 Å². The molecule has 0 fully saturated rings. The summed E-state index contributed by atoms with van der Waals surface area (Å²) in [5, 5.41) is 0. The highest BCUT2D eigenvalue weighted by Crippen LogP contribution is 2.26. The fourth-order valence-corrected chi connectivity index (χ4v) is 1.96. The number of benzene rings is 2. The molecule has 0 heterocycles. The Morgan fingerprint density at radius 3 is 1.71 bits per heavy atom. The normalized spacial score (nSPS) is 10.3. The maximum Gasteiger partial charge on any atom is 0.129 e. The van der Waals surface area contributed by atoms with Crippen LogP contribution in [0.1, 0.15) is 16.7 Å². The summed E-state index contributed by atoms with van der Waals surface area (Å²) in [7, 11) is 0. The molecule has 0 amide bonds. The molecule has 2 rings (SSSR count). The Labute approximate surface area is 102 Å². The van der Waals surface area contributed by atoms with E-state index in [2.05, 4.69) is 19.9 Å². The van der Waals surface area contributed by atoms with Gasteiger partial charge in [0.2, 0.25) is 0 Å². The van der Waals surface area contributed by atoms with Crippen LogP contribution in [0.15, 0.2) is 36.4 Å². The van der Waals surface area contributed by atoms with Crippen LogP contribution in [0.25, 0.3) is 0 Å². The number of nitrogen functional groups attached to an aromatic ring is 1. The Hall–Kier alpha value is -1.96. The molecular formula is C15H17NO. The van der Waals surface area contributed by atoms with E-state index in [0.29, 0.717) is 0 Å². The van der Waals surface area contributed by atoms with Crippen molar-refractivity contribution < 1.29 is 4.74 Å². The molecule has 0 saturated carbocycles. The third-order valence-corrected chi connectivity index (χ3v) is 2.50. The third kappa shape index (κ3) is 3.00. The molecule has 0 aliphatic rings. The molecule has 0 spiro atoms. The topological polar surface area (TPSA) is 35.2 Å². The Kier molecular flexibility index (Phi) is 3.05. The van der Waals surface area contributed by atoms with Crippen LogP contribution in [-0.4, -0.2) is 0 Å². The van der Waals surface area contributed by atoms with E-state index in [9.17, 15) is 0 Å². The molecule has 2 aromatic carbocycles. The smallest absolute Gasteiger partial charge is 0.129 e. The van der Waals surface area contributed by atoms with E-state index >= 15 is 0 Å². The third-order valence-electron chi connectivity index (χ3n) is 2.50. The van der Waals surface area contributed by atoms with Gasteiger partial charge < -0.3 is 10.5 Å². The van der Waals surface area contributed by atoms with Crippen molar-refractivity contribution in [3.05, 3.63) is 53.1 Å². The highest BCUT2D eigenvalue weighted by atomic mass is 16.5. The zero-order valence-corrected chi connectivity index (χ0v) is 10.4. The lowest BCUT2D eigenvalue weighted by Gasteiger charge is -2.09. The van der Waals surface area contributed by atoms with E-state index in [4.69, 9.17) is 10.5 Å². The molecule has 0 aliphatic heterocycles. The van der Waals surface area contributed by atoms with Gasteiger partial charge >= 0.3 is 0 Å². The Bertz CT molecular complexity index is 457. The standard InChI is InChI=1S/C15H17NO/c1-10-4-11(2)7-14(6-10)17-15-8-12(3)5-13(16)9-15/h4-9H,16H2,1-3H3. The summed E-state index contributed by atoms with van der Waals surface area (Å²) >= 11 is 0. The zero-order chi connectivity index (χ0) is 12.4. The first-order valence-electron chi connectivity index (χ1n) is 5.66. The minimum absolute atomic E-state index is 0.726. The number of aryl methyl sites for hydroxylation is 3. The lowest BCUT2D eigenvalue weighted by atomic mass is 10.1.